The number of hydrogen-bond acceptors (Lipinski definition) is 3. The number of hydrogen-bond donors (Lipinski definition) is 2. The summed E-state index contributed by atoms with van der Waals surface area (Å²) in [6.07, 6.45) is -3.44. The summed E-state index contributed by atoms with van der Waals surface area (Å²) in [6, 6.07) is 2.44. The molecule has 7 heteroatoms. The van der Waals surface area contributed by atoms with E-state index in [1.807, 2.05) is 0 Å². The molecule has 1 amide bonds. The number of furan rings is 1. The first-order valence-corrected chi connectivity index (χ1v) is 4.86. The van der Waals surface area contributed by atoms with Gasteiger partial charge in [0, 0.05) is 0 Å². The van der Waals surface area contributed by atoms with Crippen molar-refractivity contribution in [3.63, 3.8) is 0 Å². The van der Waals surface area contributed by atoms with Gasteiger partial charge in [-0.25, -0.2) is 0 Å². The molecular formula is C10H13F3N2O2. The highest BCUT2D eigenvalue weighted by Crippen LogP contribution is 2.28. The summed E-state index contributed by atoms with van der Waals surface area (Å²) in [5.41, 5.74) is 2.05. The molecule has 17 heavy (non-hydrogen) atoms. The largest absolute Gasteiger partial charge is 0.467 e. The van der Waals surface area contributed by atoms with E-state index in [4.69, 9.17) is 10.2 Å². The van der Waals surface area contributed by atoms with Gasteiger partial charge in [0.2, 0.25) is 5.91 Å². The Bertz CT molecular complexity index is 385. The molecule has 1 aromatic rings. The van der Waals surface area contributed by atoms with Crippen molar-refractivity contribution >= 4 is 5.91 Å². The fourth-order valence-electron chi connectivity index (χ4n) is 1.08. The van der Waals surface area contributed by atoms with Crippen LogP contribution in [0.25, 0.3) is 0 Å². The highest BCUT2D eigenvalue weighted by atomic mass is 19.4. The van der Waals surface area contributed by atoms with Gasteiger partial charge in [0.05, 0.1) is 12.3 Å². The first-order valence-electron chi connectivity index (χ1n) is 4.86. The van der Waals surface area contributed by atoms with E-state index >= 15 is 0 Å². The zero-order chi connectivity index (χ0) is 13.3. The maximum absolute atomic E-state index is 12.5. The van der Waals surface area contributed by atoms with Crippen molar-refractivity contribution in [3.8, 4) is 0 Å². The lowest BCUT2D eigenvalue weighted by atomic mass is 10.0. The molecule has 0 saturated heterocycles. The molecular weight excluding hydrogens is 237 g/mol. The maximum atomic E-state index is 12.5. The van der Waals surface area contributed by atoms with Crippen molar-refractivity contribution in [2.24, 2.45) is 5.73 Å². The highest BCUT2D eigenvalue weighted by molar-refractivity contribution is 5.86. The van der Waals surface area contributed by atoms with E-state index in [1.165, 1.54) is 13.2 Å². The topological polar surface area (TPSA) is 68.3 Å². The van der Waals surface area contributed by atoms with Crippen LogP contribution in [0.5, 0.6) is 0 Å². The second-order valence-corrected chi connectivity index (χ2v) is 3.91. The Balaban J connectivity index is 2.73. The van der Waals surface area contributed by atoms with Crippen LogP contribution in [0.2, 0.25) is 0 Å². The number of nitrogens with one attached hydrogen (secondary N) is 1. The lowest BCUT2D eigenvalue weighted by Gasteiger charge is -2.27. The SMILES string of the molecule is CC(NC(=O)C(C)(N)C(F)(F)F)c1ccco1. The molecule has 0 spiro atoms. The van der Waals surface area contributed by atoms with Gasteiger partial charge in [0.25, 0.3) is 0 Å². The highest BCUT2D eigenvalue weighted by Gasteiger charge is 2.54. The fraction of sp³-hybridized carbons (Fsp3) is 0.500. The quantitative estimate of drug-likeness (QED) is 0.858. The van der Waals surface area contributed by atoms with Crippen LogP contribution < -0.4 is 11.1 Å². The van der Waals surface area contributed by atoms with E-state index in [2.05, 4.69) is 5.32 Å². The molecule has 0 radical (unpaired) electrons. The molecule has 0 bridgehead atoms. The van der Waals surface area contributed by atoms with E-state index in [-0.39, 0.29) is 0 Å². The van der Waals surface area contributed by atoms with Crippen LogP contribution in [0.4, 0.5) is 13.2 Å². The molecule has 96 valence electrons. The summed E-state index contributed by atoms with van der Waals surface area (Å²) < 4.78 is 42.4. The summed E-state index contributed by atoms with van der Waals surface area (Å²) in [7, 11) is 0. The Morgan fingerprint density at radius 2 is 2.12 bits per heavy atom. The Labute approximate surface area is 96.0 Å². The Morgan fingerprint density at radius 3 is 2.53 bits per heavy atom. The molecule has 1 rings (SSSR count). The average molecular weight is 250 g/mol. The summed E-state index contributed by atoms with van der Waals surface area (Å²) in [5.74, 6) is -0.940. The minimum Gasteiger partial charge on any atom is -0.467 e. The van der Waals surface area contributed by atoms with E-state index in [9.17, 15) is 18.0 Å². The minimum absolute atomic E-state index is 0.358. The number of nitrogens with two attached hydrogens (primary N) is 1. The second kappa shape index (κ2) is 4.40. The second-order valence-electron chi connectivity index (χ2n) is 3.91. The molecule has 3 N–H and O–H groups in total. The number of halogens is 3. The summed E-state index contributed by atoms with van der Waals surface area (Å²) in [5, 5.41) is 2.15. The third-order valence-corrected chi connectivity index (χ3v) is 2.38. The Kier molecular flexibility index (Phi) is 3.51. The van der Waals surface area contributed by atoms with Gasteiger partial charge in [-0.05, 0) is 26.0 Å². The smallest absolute Gasteiger partial charge is 0.415 e. The van der Waals surface area contributed by atoms with Crippen molar-refractivity contribution in [1.82, 2.24) is 5.32 Å². The third kappa shape index (κ3) is 2.79. The first-order chi connectivity index (χ1) is 7.66. The molecule has 4 nitrogen and oxygen atoms in total. The van der Waals surface area contributed by atoms with Crippen LogP contribution in [-0.4, -0.2) is 17.6 Å². The maximum Gasteiger partial charge on any atom is 0.415 e. The standard InChI is InChI=1S/C10H13F3N2O2/c1-6(7-4-3-5-17-7)15-8(16)9(2,14)10(11,12)13/h3-6H,14H2,1-2H3,(H,15,16). The molecule has 1 aromatic heterocycles. The summed E-state index contributed by atoms with van der Waals surface area (Å²) in [6.45, 7) is 2.13. The zero-order valence-electron chi connectivity index (χ0n) is 9.34. The van der Waals surface area contributed by atoms with Gasteiger partial charge in [0.15, 0.2) is 5.54 Å². The van der Waals surface area contributed by atoms with Gasteiger partial charge >= 0.3 is 6.18 Å². The molecule has 0 saturated carbocycles. The molecule has 0 aliphatic carbocycles. The van der Waals surface area contributed by atoms with Crippen LogP contribution in [0, 0.1) is 0 Å². The van der Waals surface area contributed by atoms with Crippen LogP contribution in [0.1, 0.15) is 25.6 Å². The number of amides is 1. The van der Waals surface area contributed by atoms with Gasteiger partial charge in [-0.3, -0.25) is 4.79 Å². The van der Waals surface area contributed by atoms with Crippen molar-refractivity contribution in [2.75, 3.05) is 0 Å². The van der Waals surface area contributed by atoms with Gasteiger partial charge < -0.3 is 15.5 Å². The van der Waals surface area contributed by atoms with E-state index < -0.39 is 23.7 Å². The van der Waals surface area contributed by atoms with Gasteiger partial charge in [-0.2, -0.15) is 13.2 Å². The Morgan fingerprint density at radius 1 is 1.53 bits per heavy atom. The summed E-state index contributed by atoms with van der Waals surface area (Å²) in [4.78, 5) is 11.4. The normalized spacial score (nSPS) is 17.3. The number of carbonyl (C=O) groups is 1. The molecule has 1 heterocycles. The Hall–Kier alpha value is -1.50. The van der Waals surface area contributed by atoms with Crippen molar-refractivity contribution in [1.29, 1.82) is 0 Å². The lowest BCUT2D eigenvalue weighted by molar-refractivity contribution is -0.187. The van der Waals surface area contributed by atoms with Crippen molar-refractivity contribution in [3.05, 3.63) is 24.2 Å². The molecule has 2 unspecified atom stereocenters. The predicted octanol–water partition coefficient (Wildman–Crippen LogP) is 1.74. The first kappa shape index (κ1) is 13.6. The molecule has 0 fully saturated rings. The number of rotatable bonds is 3. The van der Waals surface area contributed by atoms with Gasteiger partial charge in [-0.15, -0.1) is 0 Å². The predicted molar refractivity (Wildman–Crippen MR) is 53.9 cm³/mol. The van der Waals surface area contributed by atoms with Crippen LogP contribution in [0.15, 0.2) is 22.8 Å². The van der Waals surface area contributed by atoms with E-state index in [0.717, 1.165) is 0 Å². The van der Waals surface area contributed by atoms with Crippen LogP contribution in [0.3, 0.4) is 0 Å². The van der Waals surface area contributed by atoms with Crippen molar-refractivity contribution in [2.45, 2.75) is 31.6 Å². The number of carbonyl (C=O) groups excluding carboxylic acids is 1. The molecule has 0 aromatic carbocycles. The molecule has 0 aliphatic heterocycles. The fourth-order valence-corrected chi connectivity index (χ4v) is 1.08. The molecule has 0 aliphatic rings. The van der Waals surface area contributed by atoms with Crippen LogP contribution >= 0.6 is 0 Å². The van der Waals surface area contributed by atoms with Gasteiger partial charge in [0.1, 0.15) is 5.76 Å². The average Bonchev–Trinajstić information content (AvgIpc) is 2.68. The third-order valence-electron chi connectivity index (χ3n) is 2.38. The monoisotopic (exact) mass is 250 g/mol. The van der Waals surface area contributed by atoms with Gasteiger partial charge in [-0.1, -0.05) is 0 Å². The molecule has 2 atom stereocenters. The van der Waals surface area contributed by atoms with Crippen molar-refractivity contribution < 1.29 is 22.4 Å². The van der Waals surface area contributed by atoms with Crippen LogP contribution in [-0.2, 0) is 4.79 Å². The lowest BCUT2D eigenvalue weighted by Crippen LogP contribution is -2.61. The van der Waals surface area contributed by atoms with E-state index in [0.29, 0.717) is 12.7 Å². The summed E-state index contributed by atoms with van der Waals surface area (Å²) >= 11 is 0. The van der Waals surface area contributed by atoms with E-state index in [1.54, 1.807) is 12.1 Å². The zero-order valence-corrected chi connectivity index (χ0v) is 9.34. The minimum atomic E-state index is -4.81. The number of alkyl halides is 3.